The van der Waals surface area contributed by atoms with E-state index < -0.39 is 12.0 Å². The minimum Gasteiger partial charge on any atom is -0.480 e. The summed E-state index contributed by atoms with van der Waals surface area (Å²) in [6.45, 7) is 3.31. The molecule has 0 saturated heterocycles. The quantitative estimate of drug-likeness (QED) is 0.707. The standard InChI is InChI=1S/C14H18N2O3/c1-2-8-16(10-13(17)18)14(19)12(15)9-11-6-4-3-5-7-11/h2-7,12H,1,8-10,15H2,(H,17,18)/t12-/m0/s1. The molecule has 1 atom stereocenters. The molecule has 0 aliphatic rings. The van der Waals surface area contributed by atoms with Crippen LogP contribution in [0.3, 0.4) is 0 Å². The van der Waals surface area contributed by atoms with E-state index in [0.717, 1.165) is 5.56 Å². The van der Waals surface area contributed by atoms with E-state index in [2.05, 4.69) is 6.58 Å². The highest BCUT2D eigenvalue weighted by atomic mass is 16.4. The summed E-state index contributed by atoms with van der Waals surface area (Å²) in [6.07, 6.45) is 1.86. The van der Waals surface area contributed by atoms with Crippen molar-refractivity contribution in [2.24, 2.45) is 5.73 Å². The molecule has 5 nitrogen and oxygen atoms in total. The van der Waals surface area contributed by atoms with Crippen LogP contribution in [0.15, 0.2) is 43.0 Å². The molecule has 5 heteroatoms. The number of nitrogens with two attached hydrogens (primary N) is 1. The Morgan fingerprint density at radius 3 is 2.53 bits per heavy atom. The molecule has 1 amide bonds. The van der Waals surface area contributed by atoms with Crippen LogP contribution in [-0.4, -0.2) is 41.0 Å². The number of rotatable bonds is 7. The van der Waals surface area contributed by atoms with Crippen molar-refractivity contribution in [3.8, 4) is 0 Å². The molecule has 0 heterocycles. The number of carbonyl (C=O) groups excluding carboxylic acids is 1. The average molecular weight is 262 g/mol. The van der Waals surface area contributed by atoms with Gasteiger partial charge in [0.2, 0.25) is 5.91 Å². The molecule has 3 N–H and O–H groups in total. The maximum absolute atomic E-state index is 12.1. The first-order valence-corrected chi connectivity index (χ1v) is 5.95. The second kappa shape index (κ2) is 7.33. The molecule has 1 rings (SSSR count). The molecule has 0 radical (unpaired) electrons. The van der Waals surface area contributed by atoms with E-state index in [0.29, 0.717) is 6.42 Å². The van der Waals surface area contributed by atoms with Gasteiger partial charge in [0.15, 0.2) is 0 Å². The monoisotopic (exact) mass is 262 g/mol. The van der Waals surface area contributed by atoms with Gasteiger partial charge in [-0.3, -0.25) is 9.59 Å². The van der Waals surface area contributed by atoms with E-state index in [1.165, 1.54) is 11.0 Å². The fourth-order valence-electron chi connectivity index (χ4n) is 1.74. The number of carbonyl (C=O) groups is 2. The number of aliphatic carboxylic acids is 1. The number of hydrogen-bond donors (Lipinski definition) is 2. The highest BCUT2D eigenvalue weighted by Crippen LogP contribution is 2.04. The van der Waals surface area contributed by atoms with Crippen molar-refractivity contribution in [1.29, 1.82) is 0 Å². The van der Waals surface area contributed by atoms with Crippen LogP contribution in [0.1, 0.15) is 5.56 Å². The molecule has 0 spiro atoms. The van der Waals surface area contributed by atoms with Crippen molar-refractivity contribution >= 4 is 11.9 Å². The van der Waals surface area contributed by atoms with Gasteiger partial charge in [0, 0.05) is 6.54 Å². The van der Waals surface area contributed by atoms with Gasteiger partial charge < -0.3 is 15.7 Å². The fourth-order valence-corrected chi connectivity index (χ4v) is 1.74. The summed E-state index contributed by atoms with van der Waals surface area (Å²) >= 11 is 0. The first-order chi connectivity index (χ1) is 9.04. The van der Waals surface area contributed by atoms with Gasteiger partial charge in [-0.15, -0.1) is 6.58 Å². The lowest BCUT2D eigenvalue weighted by molar-refractivity contribution is -0.144. The van der Waals surface area contributed by atoms with Crippen molar-refractivity contribution in [2.45, 2.75) is 12.5 Å². The Kier molecular flexibility index (Phi) is 5.75. The average Bonchev–Trinajstić information content (AvgIpc) is 2.38. The van der Waals surface area contributed by atoms with Crippen LogP contribution < -0.4 is 5.73 Å². The Hall–Kier alpha value is -2.14. The van der Waals surface area contributed by atoms with Crippen molar-refractivity contribution in [1.82, 2.24) is 4.90 Å². The molecule has 0 fully saturated rings. The van der Waals surface area contributed by atoms with Gasteiger partial charge in [-0.2, -0.15) is 0 Å². The zero-order chi connectivity index (χ0) is 14.3. The largest absolute Gasteiger partial charge is 0.480 e. The second-order valence-electron chi connectivity index (χ2n) is 4.20. The molecule has 1 aromatic carbocycles. The Morgan fingerprint density at radius 1 is 1.37 bits per heavy atom. The maximum Gasteiger partial charge on any atom is 0.323 e. The Balaban J connectivity index is 2.67. The summed E-state index contributed by atoms with van der Waals surface area (Å²) in [5.41, 5.74) is 6.78. The molecule has 1 aromatic rings. The third-order valence-electron chi connectivity index (χ3n) is 2.60. The predicted octanol–water partition coefficient (Wildman–Crippen LogP) is 0.656. The summed E-state index contributed by atoms with van der Waals surface area (Å²) in [4.78, 5) is 23.9. The van der Waals surface area contributed by atoms with Gasteiger partial charge in [-0.1, -0.05) is 36.4 Å². The van der Waals surface area contributed by atoms with Crippen LogP contribution in [0.5, 0.6) is 0 Å². The van der Waals surface area contributed by atoms with E-state index in [1.807, 2.05) is 30.3 Å². The summed E-state index contributed by atoms with van der Waals surface area (Å²) in [5, 5.41) is 8.76. The summed E-state index contributed by atoms with van der Waals surface area (Å²) in [5.74, 6) is -1.45. The number of benzene rings is 1. The number of carboxylic acid groups (broad SMARTS) is 1. The molecule has 0 aliphatic carbocycles. The molecular weight excluding hydrogens is 244 g/mol. The van der Waals surface area contributed by atoms with Gasteiger partial charge >= 0.3 is 5.97 Å². The van der Waals surface area contributed by atoms with Gasteiger partial charge in [-0.05, 0) is 12.0 Å². The van der Waals surface area contributed by atoms with Crippen molar-refractivity contribution in [3.05, 3.63) is 48.6 Å². The van der Waals surface area contributed by atoms with Crippen LogP contribution in [0, 0.1) is 0 Å². The van der Waals surface area contributed by atoms with Crippen LogP contribution in [0.4, 0.5) is 0 Å². The van der Waals surface area contributed by atoms with E-state index in [1.54, 1.807) is 0 Å². The van der Waals surface area contributed by atoms with Gasteiger partial charge in [0.05, 0.1) is 6.04 Å². The Morgan fingerprint density at radius 2 is 2.00 bits per heavy atom. The summed E-state index contributed by atoms with van der Waals surface area (Å²) in [6, 6.07) is 8.62. The lowest BCUT2D eigenvalue weighted by atomic mass is 10.1. The van der Waals surface area contributed by atoms with E-state index >= 15 is 0 Å². The van der Waals surface area contributed by atoms with Gasteiger partial charge in [0.1, 0.15) is 6.54 Å². The summed E-state index contributed by atoms with van der Waals surface area (Å²) < 4.78 is 0. The van der Waals surface area contributed by atoms with Crippen molar-refractivity contribution < 1.29 is 14.7 Å². The minimum atomic E-state index is -1.07. The zero-order valence-electron chi connectivity index (χ0n) is 10.7. The topological polar surface area (TPSA) is 83.6 Å². The Bertz CT molecular complexity index is 445. The number of carboxylic acids is 1. The van der Waals surface area contributed by atoms with E-state index in [9.17, 15) is 9.59 Å². The Labute approximate surface area is 112 Å². The van der Waals surface area contributed by atoms with Crippen LogP contribution in [0.2, 0.25) is 0 Å². The third-order valence-corrected chi connectivity index (χ3v) is 2.60. The van der Waals surface area contributed by atoms with Crippen LogP contribution in [0.25, 0.3) is 0 Å². The molecule has 19 heavy (non-hydrogen) atoms. The van der Waals surface area contributed by atoms with Crippen molar-refractivity contribution in [2.75, 3.05) is 13.1 Å². The summed E-state index contributed by atoms with van der Waals surface area (Å²) in [7, 11) is 0. The number of amides is 1. The first-order valence-electron chi connectivity index (χ1n) is 5.95. The van der Waals surface area contributed by atoms with Gasteiger partial charge in [-0.25, -0.2) is 0 Å². The molecular formula is C14H18N2O3. The van der Waals surface area contributed by atoms with E-state index in [-0.39, 0.29) is 19.0 Å². The molecule has 0 bridgehead atoms. The normalized spacial score (nSPS) is 11.6. The molecule has 0 aliphatic heterocycles. The van der Waals surface area contributed by atoms with Crippen LogP contribution in [-0.2, 0) is 16.0 Å². The first kappa shape index (κ1) is 14.9. The minimum absolute atomic E-state index is 0.174. The van der Waals surface area contributed by atoms with Crippen molar-refractivity contribution in [3.63, 3.8) is 0 Å². The SMILES string of the molecule is C=CCN(CC(=O)O)C(=O)[C@@H](N)Cc1ccccc1. The maximum atomic E-state index is 12.1. The third kappa shape index (κ3) is 4.93. The number of hydrogen-bond acceptors (Lipinski definition) is 3. The molecule has 0 saturated carbocycles. The molecule has 0 unspecified atom stereocenters. The zero-order valence-corrected chi connectivity index (χ0v) is 10.7. The molecule has 102 valence electrons. The highest BCUT2D eigenvalue weighted by molar-refractivity contribution is 5.85. The predicted molar refractivity (Wildman–Crippen MR) is 72.5 cm³/mol. The van der Waals surface area contributed by atoms with Gasteiger partial charge in [0.25, 0.3) is 0 Å². The highest BCUT2D eigenvalue weighted by Gasteiger charge is 2.22. The van der Waals surface area contributed by atoms with E-state index in [4.69, 9.17) is 10.8 Å². The number of nitrogens with zero attached hydrogens (tertiary/aromatic N) is 1. The smallest absolute Gasteiger partial charge is 0.323 e. The lowest BCUT2D eigenvalue weighted by Gasteiger charge is -2.22. The van der Waals surface area contributed by atoms with Crippen LogP contribution >= 0.6 is 0 Å². The fraction of sp³-hybridized carbons (Fsp3) is 0.286. The molecule has 0 aromatic heterocycles. The second-order valence-corrected chi connectivity index (χ2v) is 4.20. The lowest BCUT2D eigenvalue weighted by Crippen LogP contribution is -2.46.